The van der Waals surface area contributed by atoms with Crippen molar-refractivity contribution < 1.29 is 9.53 Å². The van der Waals surface area contributed by atoms with Crippen LogP contribution >= 0.6 is 23.2 Å². The van der Waals surface area contributed by atoms with Gasteiger partial charge in [0.05, 0.1) is 5.02 Å². The largest absolute Gasteiger partial charge is 0.470 e. The van der Waals surface area contributed by atoms with Crippen LogP contribution in [0.2, 0.25) is 10.0 Å². The van der Waals surface area contributed by atoms with Gasteiger partial charge in [-0.25, -0.2) is 4.68 Å². The summed E-state index contributed by atoms with van der Waals surface area (Å²) in [6.45, 7) is 0.150. The number of nitrogens with zero attached hydrogens (tertiary/aromatic N) is 2. The Morgan fingerprint density at radius 3 is 2.83 bits per heavy atom. The van der Waals surface area contributed by atoms with Gasteiger partial charge in [-0.1, -0.05) is 48.5 Å². The Balaban J connectivity index is 1.56. The second-order valence-corrected chi connectivity index (χ2v) is 6.66. The van der Waals surface area contributed by atoms with Crippen molar-refractivity contribution in [3.8, 4) is 5.75 Å². The number of amides is 1. The quantitative estimate of drug-likeness (QED) is 0.857. The number of nitrogens with one attached hydrogen (secondary N) is 1. The molecule has 1 saturated carbocycles. The molecule has 1 fully saturated rings. The molecule has 0 bridgehead atoms. The molecule has 128 valence electrons. The minimum absolute atomic E-state index is 0.138. The van der Waals surface area contributed by atoms with Crippen LogP contribution in [0.15, 0.2) is 30.5 Å². The van der Waals surface area contributed by atoms with E-state index in [1.54, 1.807) is 35.1 Å². The number of carbonyl (C=O) groups excluding carboxylic acids is 1. The molecule has 24 heavy (non-hydrogen) atoms. The van der Waals surface area contributed by atoms with E-state index in [0.29, 0.717) is 21.5 Å². The van der Waals surface area contributed by atoms with Gasteiger partial charge in [0, 0.05) is 12.2 Å². The highest BCUT2D eigenvalue weighted by atomic mass is 35.5. The van der Waals surface area contributed by atoms with Crippen molar-refractivity contribution in [2.24, 2.45) is 0 Å². The Morgan fingerprint density at radius 2 is 2.04 bits per heavy atom. The van der Waals surface area contributed by atoms with Gasteiger partial charge in [-0.05, 0) is 31.0 Å². The molecule has 7 heteroatoms. The summed E-state index contributed by atoms with van der Waals surface area (Å²) in [5.41, 5.74) is 0.390. The Labute approximate surface area is 150 Å². The molecular formula is C17H19Cl2N3O2. The van der Waals surface area contributed by atoms with Gasteiger partial charge in [0.2, 0.25) is 0 Å². The first-order chi connectivity index (χ1) is 11.6. The third kappa shape index (κ3) is 4.22. The summed E-state index contributed by atoms with van der Waals surface area (Å²) in [5.74, 6) is 0.342. The van der Waals surface area contributed by atoms with E-state index in [1.807, 2.05) is 0 Å². The van der Waals surface area contributed by atoms with Crippen molar-refractivity contribution in [3.63, 3.8) is 0 Å². The van der Waals surface area contributed by atoms with Crippen molar-refractivity contribution in [3.05, 3.63) is 46.2 Å². The molecule has 1 aromatic carbocycles. The smallest absolute Gasteiger partial charge is 0.271 e. The molecule has 1 N–H and O–H groups in total. The second kappa shape index (κ2) is 7.90. The minimum Gasteiger partial charge on any atom is -0.470 e. The molecule has 5 nitrogen and oxygen atoms in total. The van der Waals surface area contributed by atoms with Crippen molar-refractivity contribution in [2.75, 3.05) is 0 Å². The van der Waals surface area contributed by atoms with Crippen LogP contribution in [0.5, 0.6) is 5.75 Å². The SMILES string of the molecule is O=C(NC1CCCCC1)c1ccn(COc2cccc(Cl)c2Cl)n1. The summed E-state index contributed by atoms with van der Waals surface area (Å²) < 4.78 is 7.15. The Morgan fingerprint density at radius 1 is 1.25 bits per heavy atom. The molecule has 0 atom stereocenters. The Hall–Kier alpha value is -1.72. The molecule has 1 aromatic heterocycles. The third-order valence-corrected chi connectivity index (χ3v) is 4.88. The highest BCUT2D eigenvalue weighted by Crippen LogP contribution is 2.31. The van der Waals surface area contributed by atoms with Crippen LogP contribution in [0.1, 0.15) is 42.6 Å². The predicted octanol–water partition coefficient (Wildman–Crippen LogP) is 4.29. The van der Waals surface area contributed by atoms with Gasteiger partial charge < -0.3 is 10.1 Å². The third-order valence-electron chi connectivity index (χ3n) is 4.08. The van der Waals surface area contributed by atoms with Gasteiger partial charge in [0.25, 0.3) is 5.91 Å². The second-order valence-electron chi connectivity index (χ2n) is 5.87. The molecule has 0 unspecified atom stereocenters. The van der Waals surface area contributed by atoms with E-state index < -0.39 is 0 Å². The molecule has 1 amide bonds. The number of hydrogen-bond acceptors (Lipinski definition) is 3. The maximum absolute atomic E-state index is 12.2. The van der Waals surface area contributed by atoms with E-state index in [4.69, 9.17) is 27.9 Å². The normalized spacial score (nSPS) is 15.2. The maximum atomic E-state index is 12.2. The summed E-state index contributed by atoms with van der Waals surface area (Å²) in [5, 5.41) is 8.09. The summed E-state index contributed by atoms with van der Waals surface area (Å²) in [6, 6.07) is 7.13. The van der Waals surface area contributed by atoms with Crippen LogP contribution in [0.4, 0.5) is 0 Å². The van der Waals surface area contributed by atoms with E-state index in [-0.39, 0.29) is 18.7 Å². The van der Waals surface area contributed by atoms with Crippen molar-refractivity contribution >= 4 is 29.1 Å². The molecule has 0 spiro atoms. The predicted molar refractivity (Wildman–Crippen MR) is 93.7 cm³/mol. The van der Waals surface area contributed by atoms with Crippen molar-refractivity contribution in [1.29, 1.82) is 0 Å². The van der Waals surface area contributed by atoms with E-state index in [0.717, 1.165) is 12.8 Å². The zero-order chi connectivity index (χ0) is 16.9. The van der Waals surface area contributed by atoms with Gasteiger partial charge in [-0.3, -0.25) is 4.79 Å². The van der Waals surface area contributed by atoms with Gasteiger partial charge >= 0.3 is 0 Å². The molecule has 2 aromatic rings. The van der Waals surface area contributed by atoms with Gasteiger partial charge in [0.15, 0.2) is 6.73 Å². The van der Waals surface area contributed by atoms with Crippen molar-refractivity contribution in [1.82, 2.24) is 15.1 Å². The number of ether oxygens (including phenoxy) is 1. The monoisotopic (exact) mass is 367 g/mol. The average Bonchev–Trinajstić information content (AvgIpc) is 3.06. The molecule has 0 aliphatic heterocycles. The molecule has 1 aliphatic carbocycles. The first-order valence-electron chi connectivity index (χ1n) is 8.04. The van der Waals surface area contributed by atoms with Crippen LogP contribution in [-0.4, -0.2) is 21.7 Å². The topological polar surface area (TPSA) is 56.2 Å². The molecule has 1 aliphatic rings. The first-order valence-corrected chi connectivity index (χ1v) is 8.80. The number of rotatable bonds is 5. The maximum Gasteiger partial charge on any atom is 0.271 e. The van der Waals surface area contributed by atoms with Gasteiger partial charge in [0.1, 0.15) is 16.5 Å². The van der Waals surface area contributed by atoms with Crippen LogP contribution in [0.25, 0.3) is 0 Å². The molecule has 0 radical (unpaired) electrons. The lowest BCUT2D eigenvalue weighted by Crippen LogP contribution is -2.36. The fraction of sp³-hybridized carbons (Fsp3) is 0.412. The summed E-state index contributed by atoms with van der Waals surface area (Å²) >= 11 is 12.0. The molecule has 0 saturated heterocycles. The summed E-state index contributed by atoms with van der Waals surface area (Å²) in [6.07, 6.45) is 7.39. The van der Waals surface area contributed by atoms with E-state index in [1.165, 1.54) is 19.3 Å². The lowest BCUT2D eigenvalue weighted by atomic mass is 9.95. The van der Waals surface area contributed by atoms with Gasteiger partial charge in [-0.15, -0.1) is 0 Å². The fourth-order valence-corrected chi connectivity index (χ4v) is 3.14. The lowest BCUT2D eigenvalue weighted by molar-refractivity contribution is 0.0920. The van der Waals surface area contributed by atoms with E-state index in [2.05, 4.69) is 10.4 Å². The van der Waals surface area contributed by atoms with Crippen molar-refractivity contribution in [2.45, 2.75) is 44.9 Å². The average molecular weight is 368 g/mol. The van der Waals surface area contributed by atoms with Crippen LogP contribution < -0.4 is 10.1 Å². The highest BCUT2D eigenvalue weighted by molar-refractivity contribution is 6.42. The summed E-state index contributed by atoms with van der Waals surface area (Å²) in [4.78, 5) is 12.2. The van der Waals surface area contributed by atoms with Crippen LogP contribution in [-0.2, 0) is 6.73 Å². The molecule has 1 heterocycles. The lowest BCUT2D eigenvalue weighted by Gasteiger charge is -2.22. The first kappa shape index (κ1) is 17.1. The number of aromatic nitrogens is 2. The highest BCUT2D eigenvalue weighted by Gasteiger charge is 2.18. The van der Waals surface area contributed by atoms with E-state index >= 15 is 0 Å². The van der Waals surface area contributed by atoms with E-state index in [9.17, 15) is 4.79 Å². The Bertz CT molecular complexity index is 712. The molecular weight excluding hydrogens is 349 g/mol. The zero-order valence-electron chi connectivity index (χ0n) is 13.2. The number of carbonyl (C=O) groups is 1. The minimum atomic E-state index is -0.138. The van der Waals surface area contributed by atoms with Crippen LogP contribution in [0, 0.1) is 0 Å². The Kier molecular flexibility index (Phi) is 5.63. The number of hydrogen-bond donors (Lipinski definition) is 1. The molecule has 3 rings (SSSR count). The number of benzene rings is 1. The summed E-state index contributed by atoms with van der Waals surface area (Å²) in [7, 11) is 0. The zero-order valence-corrected chi connectivity index (χ0v) is 14.7. The van der Waals surface area contributed by atoms with Crippen LogP contribution in [0.3, 0.4) is 0 Å². The fourth-order valence-electron chi connectivity index (χ4n) is 2.79. The van der Waals surface area contributed by atoms with Gasteiger partial charge in [-0.2, -0.15) is 5.10 Å². The number of halogens is 2. The standard InChI is InChI=1S/C17H19Cl2N3O2/c18-13-7-4-8-15(16(13)19)24-11-22-10-9-14(21-22)17(23)20-12-5-2-1-3-6-12/h4,7-10,12H,1-3,5-6,11H2,(H,20,23).